The minimum Gasteiger partial charge on any atom is -0.481 e. The highest BCUT2D eigenvalue weighted by atomic mass is 19.1. The maximum atomic E-state index is 13.5. The third-order valence-electron chi connectivity index (χ3n) is 6.04. The Morgan fingerprint density at radius 1 is 0.886 bits per heavy atom. The molecule has 2 aromatic carbocycles. The molecule has 0 bridgehead atoms. The predicted molar refractivity (Wildman–Crippen MR) is 126 cm³/mol. The van der Waals surface area contributed by atoms with E-state index in [0.717, 1.165) is 11.3 Å². The molecule has 0 atom stereocenters. The van der Waals surface area contributed by atoms with Crippen molar-refractivity contribution in [3.05, 3.63) is 83.6 Å². The fourth-order valence-electron chi connectivity index (χ4n) is 4.14. The number of ether oxygens (including phenoxy) is 1. The number of rotatable bonds is 5. The van der Waals surface area contributed by atoms with Crippen molar-refractivity contribution in [1.82, 2.24) is 24.6 Å². The zero-order chi connectivity index (χ0) is 24.4. The Kier molecular flexibility index (Phi) is 6.22. The lowest BCUT2D eigenvalue weighted by Gasteiger charge is -2.20. The van der Waals surface area contributed by atoms with Crippen molar-refractivity contribution in [2.45, 2.75) is 19.4 Å². The zero-order valence-corrected chi connectivity index (χ0v) is 19.1. The van der Waals surface area contributed by atoms with E-state index in [9.17, 15) is 13.6 Å². The van der Waals surface area contributed by atoms with Gasteiger partial charge in [0.25, 0.3) is 0 Å². The number of aromatic nitrogens is 4. The van der Waals surface area contributed by atoms with Gasteiger partial charge in [0.05, 0.1) is 7.11 Å². The molecule has 0 N–H and O–H groups in total. The average molecular weight is 475 g/mol. The van der Waals surface area contributed by atoms with Crippen LogP contribution in [0.15, 0.2) is 60.7 Å². The first-order chi connectivity index (χ1) is 17.0. The number of hydrogen-bond acceptors (Lipinski definition) is 5. The van der Waals surface area contributed by atoms with Gasteiger partial charge in [-0.2, -0.15) is 0 Å². The van der Waals surface area contributed by atoms with Gasteiger partial charge in [-0.3, -0.25) is 4.79 Å². The van der Waals surface area contributed by atoms with Crippen molar-refractivity contribution in [3.63, 3.8) is 0 Å². The van der Waals surface area contributed by atoms with Crippen LogP contribution in [-0.2, 0) is 24.2 Å². The molecule has 0 spiro atoms. The number of pyridine rings is 1. The van der Waals surface area contributed by atoms with E-state index in [0.29, 0.717) is 54.6 Å². The van der Waals surface area contributed by atoms with Gasteiger partial charge < -0.3 is 9.64 Å². The summed E-state index contributed by atoms with van der Waals surface area (Å²) >= 11 is 0. The van der Waals surface area contributed by atoms with Gasteiger partial charge >= 0.3 is 0 Å². The van der Waals surface area contributed by atoms with Gasteiger partial charge in [-0.25, -0.2) is 23.4 Å². The number of methoxy groups -OCH3 is 1. The topological polar surface area (TPSA) is 73.1 Å². The Balaban J connectivity index is 1.41. The van der Waals surface area contributed by atoms with E-state index in [1.165, 1.54) is 28.9 Å². The highest BCUT2D eigenvalue weighted by molar-refractivity contribution is 5.77. The summed E-state index contributed by atoms with van der Waals surface area (Å²) in [7, 11) is 1.58. The molecule has 9 heteroatoms. The maximum absolute atomic E-state index is 13.5. The first-order valence-electron chi connectivity index (χ1n) is 11.3. The summed E-state index contributed by atoms with van der Waals surface area (Å²) in [5.74, 6) is 0.506. The van der Waals surface area contributed by atoms with Crippen LogP contribution in [0, 0.1) is 11.6 Å². The van der Waals surface area contributed by atoms with Gasteiger partial charge in [0.15, 0.2) is 11.6 Å². The summed E-state index contributed by atoms with van der Waals surface area (Å²) in [6, 6.07) is 15.5. The Morgan fingerprint density at radius 3 is 2.23 bits per heavy atom. The summed E-state index contributed by atoms with van der Waals surface area (Å²) in [4.78, 5) is 24.2. The molecule has 7 nitrogen and oxygen atoms in total. The standard InChI is InChI=1S/C26H23F2N5O2/c1-35-23-11-6-17-12-14-32(15-13-22(17)29-23)24(34)16-33-26(19-4-9-21(28)10-5-19)30-25(31-33)18-2-7-20(27)8-3-18/h2-11H,12-16H2,1H3. The predicted octanol–water partition coefficient (Wildman–Crippen LogP) is 3.92. The molecule has 4 aromatic rings. The van der Waals surface area contributed by atoms with Gasteiger partial charge in [-0.05, 0) is 60.5 Å². The molecule has 3 heterocycles. The Labute approximate surface area is 201 Å². The van der Waals surface area contributed by atoms with Crippen LogP contribution in [0.1, 0.15) is 11.3 Å². The van der Waals surface area contributed by atoms with E-state index < -0.39 is 0 Å². The van der Waals surface area contributed by atoms with Crippen LogP contribution in [0.5, 0.6) is 5.88 Å². The van der Waals surface area contributed by atoms with E-state index >= 15 is 0 Å². The minimum atomic E-state index is -0.371. The fourth-order valence-corrected chi connectivity index (χ4v) is 4.14. The van der Waals surface area contributed by atoms with Crippen LogP contribution in [0.3, 0.4) is 0 Å². The molecule has 0 unspecified atom stereocenters. The van der Waals surface area contributed by atoms with E-state index in [4.69, 9.17) is 4.74 Å². The Hall–Kier alpha value is -4.14. The first kappa shape index (κ1) is 22.6. The minimum absolute atomic E-state index is 0.0337. The normalized spacial score (nSPS) is 13.3. The molecule has 0 fully saturated rings. The second kappa shape index (κ2) is 9.61. The molecule has 0 aliphatic carbocycles. The number of halogens is 2. The van der Waals surface area contributed by atoms with Gasteiger partial charge in [0.2, 0.25) is 11.8 Å². The summed E-state index contributed by atoms with van der Waals surface area (Å²) in [5, 5.41) is 4.54. The summed E-state index contributed by atoms with van der Waals surface area (Å²) in [5.41, 5.74) is 3.28. The molecule has 0 saturated heterocycles. The van der Waals surface area contributed by atoms with Crippen LogP contribution in [0.25, 0.3) is 22.8 Å². The number of benzene rings is 2. The monoisotopic (exact) mass is 475 g/mol. The highest BCUT2D eigenvalue weighted by Gasteiger charge is 2.23. The zero-order valence-electron chi connectivity index (χ0n) is 19.1. The van der Waals surface area contributed by atoms with E-state index in [1.54, 1.807) is 36.3 Å². The number of hydrogen-bond donors (Lipinski definition) is 0. The lowest BCUT2D eigenvalue weighted by Crippen LogP contribution is -2.36. The van der Waals surface area contributed by atoms with Crippen LogP contribution >= 0.6 is 0 Å². The van der Waals surface area contributed by atoms with Gasteiger partial charge in [-0.1, -0.05) is 6.07 Å². The Morgan fingerprint density at radius 2 is 1.54 bits per heavy atom. The molecule has 1 aliphatic heterocycles. The molecule has 1 aliphatic rings. The van der Waals surface area contributed by atoms with Gasteiger partial charge in [0.1, 0.15) is 18.2 Å². The van der Waals surface area contributed by atoms with E-state index in [1.807, 2.05) is 12.1 Å². The van der Waals surface area contributed by atoms with E-state index in [2.05, 4.69) is 15.1 Å². The summed E-state index contributed by atoms with van der Waals surface area (Å²) < 4.78 is 33.7. The fraction of sp³-hybridized carbons (Fsp3) is 0.231. The molecular formula is C26H23F2N5O2. The smallest absolute Gasteiger partial charge is 0.244 e. The second-order valence-electron chi connectivity index (χ2n) is 8.27. The second-order valence-corrected chi connectivity index (χ2v) is 8.27. The van der Waals surface area contributed by atoms with Crippen molar-refractivity contribution < 1.29 is 18.3 Å². The number of carbonyl (C=O) groups excluding carboxylic acids is 1. The number of amides is 1. The number of fused-ring (bicyclic) bond motifs is 1. The molecule has 5 rings (SSSR count). The summed E-state index contributed by atoms with van der Waals surface area (Å²) in [6.07, 6.45) is 1.32. The first-order valence-corrected chi connectivity index (χ1v) is 11.3. The molecule has 178 valence electrons. The highest BCUT2D eigenvalue weighted by Crippen LogP contribution is 2.24. The molecule has 0 radical (unpaired) electrons. The molecule has 0 saturated carbocycles. The summed E-state index contributed by atoms with van der Waals surface area (Å²) in [6.45, 7) is 1.05. The lowest BCUT2D eigenvalue weighted by molar-refractivity contribution is -0.131. The van der Waals surface area contributed by atoms with Crippen molar-refractivity contribution in [2.75, 3.05) is 20.2 Å². The third kappa shape index (κ3) is 4.89. The van der Waals surface area contributed by atoms with Crippen LogP contribution < -0.4 is 4.74 Å². The van der Waals surface area contributed by atoms with Crippen LogP contribution in [-0.4, -0.2) is 50.8 Å². The van der Waals surface area contributed by atoms with Crippen molar-refractivity contribution in [2.24, 2.45) is 0 Å². The molecule has 1 amide bonds. The van der Waals surface area contributed by atoms with Crippen molar-refractivity contribution in [3.8, 4) is 28.7 Å². The van der Waals surface area contributed by atoms with Gasteiger partial charge in [-0.15, -0.1) is 5.10 Å². The Bertz CT molecular complexity index is 1350. The van der Waals surface area contributed by atoms with Crippen molar-refractivity contribution >= 4 is 5.91 Å². The lowest BCUT2D eigenvalue weighted by atomic mass is 10.1. The average Bonchev–Trinajstić information content (AvgIpc) is 3.16. The maximum Gasteiger partial charge on any atom is 0.244 e. The molecule has 35 heavy (non-hydrogen) atoms. The van der Waals surface area contributed by atoms with Crippen molar-refractivity contribution in [1.29, 1.82) is 0 Å². The SMILES string of the molecule is COc1ccc2c(n1)CCN(C(=O)Cn1nc(-c3ccc(F)cc3)nc1-c1ccc(F)cc1)CC2. The third-order valence-corrected chi connectivity index (χ3v) is 6.04. The van der Waals surface area contributed by atoms with E-state index in [-0.39, 0.29) is 24.1 Å². The van der Waals surface area contributed by atoms with Gasteiger partial charge in [0, 0.05) is 42.4 Å². The van der Waals surface area contributed by atoms with Crippen LogP contribution in [0.4, 0.5) is 8.78 Å². The van der Waals surface area contributed by atoms with Crippen LogP contribution in [0.2, 0.25) is 0 Å². The molecular weight excluding hydrogens is 452 g/mol. The number of carbonyl (C=O) groups is 1. The molecule has 2 aromatic heterocycles. The largest absolute Gasteiger partial charge is 0.481 e. The quantitative estimate of drug-likeness (QED) is 0.438. The number of nitrogens with zero attached hydrogens (tertiary/aromatic N) is 5.